The third-order valence-electron chi connectivity index (χ3n) is 6.08. The van der Waals surface area contributed by atoms with Gasteiger partial charge in [-0.05, 0) is 72.9 Å². The van der Waals surface area contributed by atoms with Crippen LogP contribution < -0.4 is 0 Å². The molecule has 230 valence electrons. The number of alkyl halides is 6. The maximum absolute atomic E-state index is 12.6. The molecule has 0 saturated carbocycles. The lowest BCUT2D eigenvalue weighted by atomic mass is 10.1. The number of ether oxygens (including phenoxy) is 1. The number of oxazole rings is 2. The van der Waals surface area contributed by atoms with Crippen LogP contribution in [0.4, 0.5) is 26.3 Å². The largest absolute Gasteiger partial charge is 0.463 e. The summed E-state index contributed by atoms with van der Waals surface area (Å²) in [6.45, 7) is 13.2. The number of halogens is 6. The summed E-state index contributed by atoms with van der Waals surface area (Å²) >= 11 is 0. The third-order valence-corrected chi connectivity index (χ3v) is 6.08. The van der Waals surface area contributed by atoms with E-state index in [9.17, 15) is 31.1 Å². The van der Waals surface area contributed by atoms with E-state index in [-0.39, 0.29) is 23.5 Å². The number of benzene rings is 2. The van der Waals surface area contributed by atoms with E-state index in [1.165, 1.54) is 31.4 Å². The Hall–Kier alpha value is -4.35. The minimum absolute atomic E-state index is 0.0348. The highest BCUT2D eigenvalue weighted by Gasteiger charge is 2.31. The Bertz CT molecular complexity index is 1560. The minimum Gasteiger partial charge on any atom is -0.463 e. The van der Waals surface area contributed by atoms with Crippen molar-refractivity contribution in [3.8, 4) is 22.9 Å². The van der Waals surface area contributed by atoms with Crippen molar-refractivity contribution in [2.75, 3.05) is 7.11 Å². The van der Waals surface area contributed by atoms with Gasteiger partial charge in [-0.1, -0.05) is 34.3 Å². The predicted molar refractivity (Wildman–Crippen MR) is 148 cm³/mol. The predicted octanol–water partition coefficient (Wildman–Crippen LogP) is 9.79. The van der Waals surface area contributed by atoms with Gasteiger partial charge in [0.1, 0.15) is 0 Å². The Kier molecular flexibility index (Phi) is 9.93. The van der Waals surface area contributed by atoms with E-state index in [0.717, 1.165) is 35.5 Å². The molecule has 2 aromatic carbocycles. The minimum atomic E-state index is -4.41. The zero-order valence-electron chi connectivity index (χ0n) is 24.3. The molecule has 4 rings (SSSR count). The first-order chi connectivity index (χ1) is 19.9. The lowest BCUT2D eigenvalue weighted by molar-refractivity contribution is -0.138. The van der Waals surface area contributed by atoms with Crippen molar-refractivity contribution in [3.05, 3.63) is 89.1 Å². The van der Waals surface area contributed by atoms with Crippen LogP contribution in [0.25, 0.3) is 28.5 Å². The monoisotopic (exact) mass is 608 g/mol. The molecular formula is C31H30F6N2O4. The highest BCUT2D eigenvalue weighted by Crippen LogP contribution is 2.34. The van der Waals surface area contributed by atoms with E-state index < -0.39 is 29.4 Å². The van der Waals surface area contributed by atoms with Gasteiger partial charge in [0.2, 0.25) is 17.5 Å². The first-order valence-electron chi connectivity index (χ1n) is 13.0. The van der Waals surface area contributed by atoms with Gasteiger partial charge < -0.3 is 13.6 Å². The van der Waals surface area contributed by atoms with Gasteiger partial charge in [-0.3, -0.25) is 0 Å². The molecule has 2 heterocycles. The summed E-state index contributed by atoms with van der Waals surface area (Å²) < 4.78 is 90.9. The Morgan fingerprint density at radius 1 is 0.721 bits per heavy atom. The molecular weight excluding hydrogens is 578 g/mol. The molecule has 12 heteroatoms. The third kappa shape index (κ3) is 7.94. The Balaban J connectivity index is 0.000000236. The smallest absolute Gasteiger partial charge is 0.416 e. The summed E-state index contributed by atoms with van der Waals surface area (Å²) in [6.07, 6.45) is -8.75. The average molecular weight is 609 g/mol. The normalized spacial score (nSPS) is 11.9. The second kappa shape index (κ2) is 12.9. The van der Waals surface area contributed by atoms with Crippen LogP contribution in [0.5, 0.6) is 0 Å². The molecule has 0 spiro atoms. The molecule has 0 amide bonds. The second-order valence-corrected chi connectivity index (χ2v) is 10.2. The van der Waals surface area contributed by atoms with Gasteiger partial charge in [0, 0.05) is 11.1 Å². The van der Waals surface area contributed by atoms with Crippen LogP contribution in [0.3, 0.4) is 0 Å². The van der Waals surface area contributed by atoms with Crippen LogP contribution in [0.1, 0.15) is 85.3 Å². The molecule has 0 aliphatic carbocycles. The van der Waals surface area contributed by atoms with Gasteiger partial charge in [-0.2, -0.15) is 26.3 Å². The summed E-state index contributed by atoms with van der Waals surface area (Å²) in [5.41, 5.74) is 1.31. The first kappa shape index (κ1) is 33.2. The highest BCUT2D eigenvalue weighted by atomic mass is 19.4. The number of nitrogens with zero attached hydrogens (tertiary/aromatic N) is 2. The van der Waals surface area contributed by atoms with Crippen LogP contribution in [-0.2, 0) is 17.1 Å². The van der Waals surface area contributed by atoms with Gasteiger partial charge in [-0.25, -0.2) is 14.8 Å². The molecule has 6 nitrogen and oxygen atoms in total. The molecule has 0 unspecified atom stereocenters. The van der Waals surface area contributed by atoms with Crippen LogP contribution in [0.2, 0.25) is 0 Å². The van der Waals surface area contributed by atoms with Crippen molar-refractivity contribution in [2.45, 2.75) is 58.8 Å². The lowest BCUT2D eigenvalue weighted by Gasteiger charge is -2.06. The number of allylic oxidation sites excluding steroid dienone is 1. The SMILES string of the molecule is C=C(C)c1oc(-c2ccc(C(F)(F)F)cc2)nc1C(C)C.COC(=O)c1oc(-c2ccc(C(F)(F)F)cc2)nc1C(C)C. The maximum Gasteiger partial charge on any atom is 0.416 e. The number of esters is 1. The lowest BCUT2D eigenvalue weighted by Crippen LogP contribution is -2.04. The maximum atomic E-state index is 12.6. The number of aromatic nitrogens is 2. The Morgan fingerprint density at radius 2 is 1.07 bits per heavy atom. The fraction of sp³-hybridized carbons (Fsp3) is 0.323. The molecule has 0 radical (unpaired) electrons. The van der Waals surface area contributed by atoms with Crippen LogP contribution in [0, 0.1) is 0 Å². The zero-order chi connectivity index (χ0) is 32.3. The standard InChI is InChI=1S/C16H16F3NO.C15H14F3NO3/c1-9(2)13-14(10(3)4)21-15(20-13)11-5-7-12(8-6-11)16(17,18)19;1-8(2)11-12(14(20)21-3)22-13(19-11)9-4-6-10(7-5-9)15(16,17)18/h5-9H,3H2,1-2,4H3;4-8H,1-3H3. The molecule has 0 aliphatic rings. The molecule has 0 aliphatic heterocycles. The van der Waals surface area contributed by atoms with Crippen LogP contribution in [0.15, 0.2) is 63.9 Å². The van der Waals surface area contributed by atoms with E-state index in [1.807, 2.05) is 34.6 Å². The summed E-state index contributed by atoms with van der Waals surface area (Å²) in [5, 5.41) is 0. The molecule has 0 atom stereocenters. The number of methoxy groups -OCH3 is 1. The first-order valence-corrected chi connectivity index (χ1v) is 13.0. The molecule has 0 fully saturated rings. The van der Waals surface area contributed by atoms with Crippen LogP contribution >= 0.6 is 0 Å². The van der Waals surface area contributed by atoms with E-state index in [2.05, 4.69) is 21.3 Å². The number of hydrogen-bond acceptors (Lipinski definition) is 6. The van der Waals surface area contributed by atoms with Gasteiger partial charge >= 0.3 is 18.3 Å². The Labute approximate surface area is 244 Å². The van der Waals surface area contributed by atoms with E-state index in [4.69, 9.17) is 8.83 Å². The molecule has 0 N–H and O–H groups in total. The van der Waals surface area contributed by atoms with Crippen LogP contribution in [-0.4, -0.2) is 23.0 Å². The molecule has 0 bridgehead atoms. The van der Waals surface area contributed by atoms with Crippen molar-refractivity contribution < 1.29 is 44.7 Å². The molecule has 43 heavy (non-hydrogen) atoms. The van der Waals surface area contributed by atoms with Gasteiger partial charge in [0.25, 0.3) is 0 Å². The fourth-order valence-electron chi connectivity index (χ4n) is 3.84. The summed E-state index contributed by atoms with van der Waals surface area (Å²) in [4.78, 5) is 20.2. The number of hydrogen-bond donors (Lipinski definition) is 0. The van der Waals surface area contributed by atoms with Crippen molar-refractivity contribution in [3.63, 3.8) is 0 Å². The fourth-order valence-corrected chi connectivity index (χ4v) is 3.84. The highest BCUT2D eigenvalue weighted by molar-refractivity contribution is 5.88. The zero-order valence-corrected chi connectivity index (χ0v) is 24.3. The van der Waals surface area contributed by atoms with Crippen molar-refractivity contribution in [1.29, 1.82) is 0 Å². The topological polar surface area (TPSA) is 78.4 Å². The van der Waals surface area contributed by atoms with Crippen molar-refractivity contribution in [2.24, 2.45) is 0 Å². The number of rotatable bonds is 6. The van der Waals surface area contributed by atoms with E-state index >= 15 is 0 Å². The molecule has 0 saturated heterocycles. The van der Waals surface area contributed by atoms with Crippen molar-refractivity contribution in [1.82, 2.24) is 9.97 Å². The summed E-state index contributed by atoms with van der Waals surface area (Å²) in [5.74, 6) is 0.328. The summed E-state index contributed by atoms with van der Waals surface area (Å²) in [6, 6.07) is 9.14. The van der Waals surface area contributed by atoms with E-state index in [0.29, 0.717) is 28.5 Å². The van der Waals surface area contributed by atoms with E-state index in [1.54, 1.807) is 0 Å². The van der Waals surface area contributed by atoms with Crippen molar-refractivity contribution >= 4 is 11.5 Å². The number of carbonyl (C=O) groups excluding carboxylic acids is 1. The average Bonchev–Trinajstić information content (AvgIpc) is 3.59. The van der Waals surface area contributed by atoms with Gasteiger partial charge in [-0.15, -0.1) is 0 Å². The Morgan fingerprint density at radius 3 is 1.35 bits per heavy atom. The second-order valence-electron chi connectivity index (χ2n) is 10.2. The summed E-state index contributed by atoms with van der Waals surface area (Å²) in [7, 11) is 1.22. The molecule has 4 aromatic rings. The van der Waals surface area contributed by atoms with Gasteiger partial charge in [0.05, 0.1) is 29.6 Å². The number of carbonyl (C=O) groups is 1. The molecule has 2 aromatic heterocycles. The van der Waals surface area contributed by atoms with Gasteiger partial charge in [0.15, 0.2) is 5.76 Å². The quantitative estimate of drug-likeness (QED) is 0.160.